The Hall–Kier alpha value is -2.06. The van der Waals surface area contributed by atoms with E-state index < -0.39 is 11.7 Å². The minimum atomic E-state index is -0.610. The van der Waals surface area contributed by atoms with Crippen molar-refractivity contribution in [3.05, 3.63) is 28.8 Å². The SMILES string of the molecule is CC(C)(C)OC(=O)Nc1cccc(Cl)c1C=NN=C1NC(=O)CS1. The Morgan fingerprint density at radius 2 is 2.21 bits per heavy atom. The van der Waals surface area contributed by atoms with Gasteiger partial charge in [0.25, 0.3) is 0 Å². The van der Waals surface area contributed by atoms with Crippen LogP contribution in [-0.4, -0.2) is 34.7 Å². The summed E-state index contributed by atoms with van der Waals surface area (Å²) in [5.74, 6) is 0.213. The van der Waals surface area contributed by atoms with Crippen molar-refractivity contribution in [3.8, 4) is 0 Å². The topological polar surface area (TPSA) is 92.2 Å². The zero-order valence-electron chi connectivity index (χ0n) is 13.4. The Morgan fingerprint density at radius 3 is 2.83 bits per heavy atom. The fourth-order valence-corrected chi connectivity index (χ4v) is 2.56. The molecule has 0 bridgehead atoms. The van der Waals surface area contributed by atoms with Gasteiger partial charge in [0.15, 0.2) is 5.17 Å². The lowest BCUT2D eigenvalue weighted by atomic mass is 10.2. The van der Waals surface area contributed by atoms with Gasteiger partial charge in [-0.3, -0.25) is 10.1 Å². The van der Waals surface area contributed by atoms with Gasteiger partial charge in [-0.1, -0.05) is 29.4 Å². The van der Waals surface area contributed by atoms with Crippen molar-refractivity contribution in [1.82, 2.24) is 5.32 Å². The van der Waals surface area contributed by atoms with Crippen LogP contribution < -0.4 is 10.6 Å². The van der Waals surface area contributed by atoms with Gasteiger partial charge in [0, 0.05) is 5.56 Å². The van der Waals surface area contributed by atoms with E-state index >= 15 is 0 Å². The van der Waals surface area contributed by atoms with E-state index in [9.17, 15) is 9.59 Å². The van der Waals surface area contributed by atoms with Crippen molar-refractivity contribution < 1.29 is 14.3 Å². The number of anilines is 1. The van der Waals surface area contributed by atoms with Crippen LogP contribution in [0.3, 0.4) is 0 Å². The molecule has 1 heterocycles. The van der Waals surface area contributed by atoms with Crippen LogP contribution in [0.5, 0.6) is 0 Å². The molecule has 0 aliphatic carbocycles. The molecular weight excluding hydrogens is 352 g/mol. The lowest BCUT2D eigenvalue weighted by Crippen LogP contribution is -2.27. The number of nitrogens with one attached hydrogen (secondary N) is 2. The minimum Gasteiger partial charge on any atom is -0.444 e. The van der Waals surface area contributed by atoms with Crippen LogP contribution in [0.25, 0.3) is 0 Å². The molecule has 1 aliphatic heterocycles. The van der Waals surface area contributed by atoms with Crippen LogP contribution in [0.15, 0.2) is 28.4 Å². The van der Waals surface area contributed by atoms with Gasteiger partial charge < -0.3 is 10.1 Å². The predicted octanol–water partition coefficient (Wildman–Crippen LogP) is 3.24. The summed E-state index contributed by atoms with van der Waals surface area (Å²) in [6, 6.07) is 5.05. The summed E-state index contributed by atoms with van der Waals surface area (Å²) < 4.78 is 5.22. The van der Waals surface area contributed by atoms with E-state index in [0.29, 0.717) is 27.2 Å². The molecule has 128 valence electrons. The number of rotatable bonds is 3. The van der Waals surface area contributed by atoms with Crippen LogP contribution in [0.2, 0.25) is 5.02 Å². The summed E-state index contributed by atoms with van der Waals surface area (Å²) >= 11 is 7.42. The number of benzene rings is 1. The average Bonchev–Trinajstić information content (AvgIpc) is 2.85. The van der Waals surface area contributed by atoms with Gasteiger partial charge in [0.1, 0.15) is 5.60 Å². The lowest BCUT2D eigenvalue weighted by Gasteiger charge is -2.20. The summed E-state index contributed by atoms with van der Waals surface area (Å²) in [6.45, 7) is 5.32. The van der Waals surface area contributed by atoms with Gasteiger partial charge in [0.05, 0.1) is 22.7 Å². The maximum absolute atomic E-state index is 11.9. The summed E-state index contributed by atoms with van der Waals surface area (Å²) in [4.78, 5) is 23.0. The van der Waals surface area contributed by atoms with Crippen molar-refractivity contribution in [2.24, 2.45) is 10.2 Å². The van der Waals surface area contributed by atoms with Crippen LogP contribution >= 0.6 is 23.4 Å². The molecule has 2 amide bonds. The first-order valence-corrected chi connectivity index (χ1v) is 8.43. The molecule has 24 heavy (non-hydrogen) atoms. The molecule has 1 aliphatic rings. The number of ether oxygens (including phenoxy) is 1. The predicted molar refractivity (Wildman–Crippen MR) is 96.9 cm³/mol. The maximum atomic E-state index is 11.9. The van der Waals surface area contributed by atoms with E-state index in [0.717, 1.165) is 0 Å². The van der Waals surface area contributed by atoms with E-state index in [2.05, 4.69) is 20.8 Å². The monoisotopic (exact) mass is 368 g/mol. The van der Waals surface area contributed by atoms with Gasteiger partial charge in [0.2, 0.25) is 5.91 Å². The molecule has 2 N–H and O–H groups in total. The van der Waals surface area contributed by atoms with Crippen LogP contribution in [0.4, 0.5) is 10.5 Å². The Labute approximate surface area is 148 Å². The first-order valence-electron chi connectivity index (χ1n) is 7.07. The molecule has 1 aromatic carbocycles. The molecule has 1 fully saturated rings. The summed E-state index contributed by atoms with van der Waals surface area (Å²) in [5, 5.41) is 13.8. The maximum Gasteiger partial charge on any atom is 0.412 e. The van der Waals surface area contributed by atoms with Crippen molar-refractivity contribution in [2.45, 2.75) is 26.4 Å². The average molecular weight is 369 g/mol. The van der Waals surface area contributed by atoms with Crippen LogP contribution in [0.1, 0.15) is 26.3 Å². The molecule has 0 saturated carbocycles. The third-order valence-corrected chi connectivity index (χ3v) is 3.80. The molecular formula is C15H17ClN4O3S. The summed E-state index contributed by atoms with van der Waals surface area (Å²) in [6.07, 6.45) is 0.817. The van der Waals surface area contributed by atoms with Crippen LogP contribution in [-0.2, 0) is 9.53 Å². The van der Waals surface area contributed by atoms with Gasteiger partial charge in [-0.25, -0.2) is 4.79 Å². The van der Waals surface area contributed by atoms with Crippen molar-refractivity contribution >= 4 is 52.4 Å². The second-order valence-electron chi connectivity index (χ2n) is 5.81. The highest BCUT2D eigenvalue weighted by Crippen LogP contribution is 2.23. The van der Waals surface area contributed by atoms with Crippen molar-refractivity contribution in [3.63, 3.8) is 0 Å². The number of halogens is 1. The summed E-state index contributed by atoms with van der Waals surface area (Å²) in [5.41, 5.74) is 0.327. The smallest absolute Gasteiger partial charge is 0.412 e. The molecule has 0 spiro atoms. The molecule has 9 heteroatoms. The molecule has 2 rings (SSSR count). The zero-order valence-corrected chi connectivity index (χ0v) is 15.0. The van der Waals surface area contributed by atoms with Gasteiger partial charge >= 0.3 is 6.09 Å². The number of amides is 2. The Bertz CT molecular complexity index is 713. The standard InChI is InChI=1S/C15H17ClN4O3S/c1-15(2,3)23-14(22)18-11-6-4-5-10(16)9(11)7-17-20-13-19-12(21)8-24-13/h4-7H,8H2,1-3H3,(H,18,22)(H,19,20,21). The van der Waals surface area contributed by atoms with Crippen LogP contribution in [0, 0.1) is 0 Å². The molecule has 0 atom stereocenters. The van der Waals surface area contributed by atoms with E-state index in [1.54, 1.807) is 39.0 Å². The number of hydrogen-bond acceptors (Lipinski definition) is 6. The molecule has 0 unspecified atom stereocenters. The third kappa shape index (κ3) is 5.54. The Morgan fingerprint density at radius 1 is 1.46 bits per heavy atom. The van der Waals surface area contributed by atoms with E-state index in [1.807, 2.05) is 0 Å². The minimum absolute atomic E-state index is 0.112. The number of thioether (sulfide) groups is 1. The molecule has 1 aromatic rings. The van der Waals surface area contributed by atoms with Gasteiger partial charge in [-0.15, -0.1) is 5.10 Å². The fourth-order valence-electron chi connectivity index (χ4n) is 1.71. The normalized spacial score (nSPS) is 16.5. The molecule has 1 saturated heterocycles. The highest BCUT2D eigenvalue weighted by molar-refractivity contribution is 8.15. The summed E-state index contributed by atoms with van der Waals surface area (Å²) in [7, 11) is 0. The Kier molecular flexibility index (Phi) is 5.84. The highest BCUT2D eigenvalue weighted by atomic mass is 35.5. The second-order valence-corrected chi connectivity index (χ2v) is 7.19. The second kappa shape index (κ2) is 7.67. The highest BCUT2D eigenvalue weighted by Gasteiger charge is 2.18. The quantitative estimate of drug-likeness (QED) is 0.632. The molecule has 7 nitrogen and oxygen atoms in total. The first-order chi connectivity index (χ1) is 11.2. The van der Waals surface area contributed by atoms with Crippen molar-refractivity contribution in [1.29, 1.82) is 0 Å². The lowest BCUT2D eigenvalue weighted by molar-refractivity contribution is -0.116. The number of amidine groups is 1. The number of nitrogens with zero attached hydrogens (tertiary/aromatic N) is 2. The van der Waals surface area contributed by atoms with Gasteiger partial charge in [-0.05, 0) is 32.9 Å². The largest absolute Gasteiger partial charge is 0.444 e. The molecule has 0 aromatic heterocycles. The fraction of sp³-hybridized carbons (Fsp3) is 0.333. The van der Waals surface area contributed by atoms with E-state index in [1.165, 1.54) is 18.0 Å². The van der Waals surface area contributed by atoms with E-state index in [-0.39, 0.29) is 5.91 Å². The van der Waals surface area contributed by atoms with Gasteiger partial charge in [-0.2, -0.15) is 5.10 Å². The van der Waals surface area contributed by atoms with E-state index in [4.69, 9.17) is 16.3 Å². The van der Waals surface area contributed by atoms with Crippen molar-refractivity contribution in [2.75, 3.05) is 11.1 Å². The Balaban J connectivity index is 2.14. The zero-order chi connectivity index (χ0) is 17.7. The number of carbonyl (C=O) groups excluding carboxylic acids is 2. The third-order valence-electron chi connectivity index (χ3n) is 2.61. The number of carbonyl (C=O) groups is 2. The number of hydrogen-bond donors (Lipinski definition) is 2. The first kappa shape index (κ1) is 18.3. The molecule has 0 radical (unpaired) electrons.